The van der Waals surface area contributed by atoms with Crippen molar-refractivity contribution in [1.29, 1.82) is 0 Å². The second-order valence-electron chi connectivity index (χ2n) is 7.05. The molecule has 1 aliphatic rings. The van der Waals surface area contributed by atoms with Gasteiger partial charge in [0, 0.05) is 28.3 Å². The highest BCUT2D eigenvalue weighted by Gasteiger charge is 2.44. The number of carbonyl (C=O) groups is 2. The fourth-order valence-corrected chi connectivity index (χ4v) is 4.13. The number of Topliss-reactive ketones (excluding diaryl/α,β-unsaturated/α-hetero) is 1. The van der Waals surface area contributed by atoms with Gasteiger partial charge in [0.05, 0.1) is 6.42 Å². The molecule has 0 amide bonds. The van der Waals surface area contributed by atoms with Crippen molar-refractivity contribution >= 4 is 33.2 Å². The Morgan fingerprint density at radius 3 is 2.69 bits per heavy atom. The minimum absolute atomic E-state index is 0.282. The van der Waals surface area contributed by atoms with Crippen molar-refractivity contribution in [2.45, 2.75) is 51.4 Å². The van der Waals surface area contributed by atoms with Crippen molar-refractivity contribution < 1.29 is 23.5 Å². The highest BCUT2D eigenvalue weighted by molar-refractivity contribution is 7.19. The molecule has 156 valence electrons. The zero-order valence-corrected chi connectivity index (χ0v) is 17.3. The second-order valence-corrected chi connectivity index (χ2v) is 8.22. The maximum Gasteiger partial charge on any atom is 0.303 e. The van der Waals surface area contributed by atoms with Gasteiger partial charge in [0.1, 0.15) is 5.78 Å². The molecule has 2 aromatic rings. The standard InChI is InChI=1S/C16H14F2OS.C7H12O2/c17-16(18)9-12(14(19)10-16)5-3-6-13-8-11-4-1-2-7-15(11)20-13;1-2-3-4-5-6-7(8)9/h1-5,7-8,12H,6,9-10H2;2-3H,4-6H2,1H3,(H,8,9)/b5-3+;3-2-. The summed E-state index contributed by atoms with van der Waals surface area (Å²) in [6.45, 7) is 1.93. The van der Waals surface area contributed by atoms with Gasteiger partial charge >= 0.3 is 5.97 Å². The molecule has 1 atom stereocenters. The molecular weight excluding hydrogens is 394 g/mol. The number of halogens is 2. The van der Waals surface area contributed by atoms with Crippen LogP contribution in [0.3, 0.4) is 0 Å². The topological polar surface area (TPSA) is 54.4 Å². The zero-order chi connectivity index (χ0) is 21.3. The largest absolute Gasteiger partial charge is 0.481 e. The quantitative estimate of drug-likeness (QED) is 0.415. The van der Waals surface area contributed by atoms with Gasteiger partial charge in [-0.2, -0.15) is 0 Å². The number of hydrogen-bond acceptors (Lipinski definition) is 3. The van der Waals surface area contributed by atoms with Crippen LogP contribution in [-0.2, 0) is 16.0 Å². The lowest BCUT2D eigenvalue weighted by Crippen LogP contribution is -2.09. The van der Waals surface area contributed by atoms with Gasteiger partial charge in [0.2, 0.25) is 0 Å². The average molecular weight is 421 g/mol. The maximum absolute atomic E-state index is 13.1. The summed E-state index contributed by atoms with van der Waals surface area (Å²) in [7, 11) is 0. The van der Waals surface area contributed by atoms with Gasteiger partial charge in [-0.1, -0.05) is 42.5 Å². The van der Waals surface area contributed by atoms with Crippen molar-refractivity contribution in [2.75, 3.05) is 0 Å². The number of aliphatic carboxylic acids is 1. The van der Waals surface area contributed by atoms with Crippen LogP contribution >= 0.6 is 11.3 Å². The number of carboxylic acids is 1. The Hall–Kier alpha value is -2.34. The van der Waals surface area contributed by atoms with E-state index in [4.69, 9.17) is 5.11 Å². The van der Waals surface area contributed by atoms with Gasteiger partial charge in [-0.25, -0.2) is 8.78 Å². The van der Waals surface area contributed by atoms with Crippen LogP contribution in [-0.4, -0.2) is 22.8 Å². The minimum Gasteiger partial charge on any atom is -0.481 e. The summed E-state index contributed by atoms with van der Waals surface area (Å²) in [5.74, 6) is -4.48. The van der Waals surface area contributed by atoms with Crippen molar-refractivity contribution in [3.05, 3.63) is 59.5 Å². The van der Waals surface area contributed by atoms with Crippen LogP contribution in [0.25, 0.3) is 10.1 Å². The molecule has 0 bridgehead atoms. The van der Waals surface area contributed by atoms with E-state index in [0.717, 1.165) is 12.8 Å². The van der Waals surface area contributed by atoms with E-state index in [-0.39, 0.29) is 18.6 Å². The van der Waals surface area contributed by atoms with Crippen LogP contribution < -0.4 is 0 Å². The highest BCUT2D eigenvalue weighted by atomic mass is 32.1. The SMILES string of the molecule is C/C=C\CCCC(=O)O.O=C1CC(F)(F)CC1/C=C/Cc1cc2ccccc2s1. The summed E-state index contributed by atoms with van der Waals surface area (Å²) in [6, 6.07) is 10.2. The molecule has 29 heavy (non-hydrogen) atoms. The lowest BCUT2D eigenvalue weighted by atomic mass is 10.1. The van der Waals surface area contributed by atoms with E-state index in [1.165, 1.54) is 15.0 Å². The van der Waals surface area contributed by atoms with Gasteiger partial charge in [0.15, 0.2) is 0 Å². The summed E-state index contributed by atoms with van der Waals surface area (Å²) in [5.41, 5.74) is 0. The Balaban J connectivity index is 0.000000284. The summed E-state index contributed by atoms with van der Waals surface area (Å²) in [4.78, 5) is 22.6. The lowest BCUT2D eigenvalue weighted by molar-refractivity contribution is -0.137. The van der Waals surface area contributed by atoms with Crippen LogP contribution in [0.5, 0.6) is 0 Å². The smallest absolute Gasteiger partial charge is 0.303 e. The number of benzene rings is 1. The van der Waals surface area contributed by atoms with Crippen molar-refractivity contribution in [3.8, 4) is 0 Å². The van der Waals surface area contributed by atoms with Crippen LogP contribution in [0.4, 0.5) is 8.78 Å². The number of ketones is 1. The molecule has 6 heteroatoms. The molecule has 0 radical (unpaired) electrons. The van der Waals surface area contributed by atoms with E-state index in [1.54, 1.807) is 17.4 Å². The molecule has 0 saturated heterocycles. The van der Waals surface area contributed by atoms with Crippen LogP contribution in [0.15, 0.2) is 54.6 Å². The first-order chi connectivity index (χ1) is 13.8. The molecule has 1 unspecified atom stereocenters. The van der Waals surface area contributed by atoms with Crippen LogP contribution in [0, 0.1) is 5.92 Å². The second kappa shape index (κ2) is 11.0. The maximum atomic E-state index is 13.1. The predicted molar refractivity (Wildman–Crippen MR) is 114 cm³/mol. The van der Waals surface area contributed by atoms with E-state index < -0.39 is 24.2 Å². The van der Waals surface area contributed by atoms with Crippen LogP contribution in [0.1, 0.15) is 43.9 Å². The van der Waals surface area contributed by atoms with Crippen molar-refractivity contribution in [2.24, 2.45) is 5.92 Å². The van der Waals surface area contributed by atoms with Gasteiger partial charge < -0.3 is 5.11 Å². The monoisotopic (exact) mass is 420 g/mol. The molecule has 3 nitrogen and oxygen atoms in total. The van der Waals surface area contributed by atoms with Crippen LogP contribution in [0.2, 0.25) is 0 Å². The van der Waals surface area contributed by atoms with E-state index in [9.17, 15) is 18.4 Å². The fourth-order valence-electron chi connectivity index (χ4n) is 3.09. The molecule has 0 aliphatic heterocycles. The molecule has 1 aromatic heterocycles. The number of hydrogen-bond donors (Lipinski definition) is 1. The average Bonchev–Trinajstić information content (AvgIpc) is 3.18. The molecule has 0 spiro atoms. The van der Waals surface area contributed by atoms with E-state index in [0.29, 0.717) is 6.42 Å². The molecule has 1 saturated carbocycles. The summed E-state index contributed by atoms with van der Waals surface area (Å²) >= 11 is 1.70. The van der Waals surface area contributed by atoms with Crippen molar-refractivity contribution in [3.63, 3.8) is 0 Å². The number of allylic oxidation sites excluding steroid dienone is 4. The van der Waals surface area contributed by atoms with Crippen molar-refractivity contribution in [1.82, 2.24) is 0 Å². The van der Waals surface area contributed by atoms with Gasteiger partial charge in [0.25, 0.3) is 5.92 Å². The normalized spacial score (nSPS) is 18.4. The number of rotatable bonds is 7. The molecule has 1 N–H and O–H groups in total. The Labute approximate surface area is 173 Å². The predicted octanol–water partition coefficient (Wildman–Crippen LogP) is 6.43. The third kappa shape index (κ3) is 7.89. The Kier molecular flexibility index (Phi) is 8.70. The number of thiophene rings is 1. The third-order valence-electron chi connectivity index (χ3n) is 4.53. The zero-order valence-electron chi connectivity index (χ0n) is 16.4. The first-order valence-corrected chi connectivity index (χ1v) is 10.5. The molecular formula is C23H26F2O3S. The molecule has 1 heterocycles. The number of carbonyl (C=O) groups excluding carboxylic acids is 1. The number of fused-ring (bicyclic) bond motifs is 1. The lowest BCUT2D eigenvalue weighted by Gasteiger charge is -2.04. The molecule has 1 aliphatic carbocycles. The molecule has 1 fully saturated rings. The van der Waals surface area contributed by atoms with Gasteiger partial charge in [-0.15, -0.1) is 11.3 Å². The first-order valence-electron chi connectivity index (χ1n) is 9.68. The fraction of sp³-hybridized carbons (Fsp3) is 0.391. The third-order valence-corrected chi connectivity index (χ3v) is 5.66. The minimum atomic E-state index is -2.82. The number of carboxylic acid groups (broad SMARTS) is 1. The summed E-state index contributed by atoms with van der Waals surface area (Å²) in [5, 5.41) is 9.39. The van der Waals surface area contributed by atoms with E-state index >= 15 is 0 Å². The number of alkyl halides is 2. The first kappa shape index (κ1) is 22.9. The molecule has 3 rings (SSSR count). The Morgan fingerprint density at radius 2 is 2.07 bits per heavy atom. The molecule has 1 aromatic carbocycles. The summed E-state index contributed by atoms with van der Waals surface area (Å²) < 4.78 is 27.4. The van der Waals surface area contributed by atoms with E-state index in [1.807, 2.05) is 37.3 Å². The van der Waals surface area contributed by atoms with Gasteiger partial charge in [-0.05, 0) is 43.7 Å². The summed E-state index contributed by atoms with van der Waals surface area (Å²) in [6.07, 6.45) is 9.05. The van der Waals surface area contributed by atoms with Gasteiger partial charge in [-0.3, -0.25) is 9.59 Å². The van der Waals surface area contributed by atoms with E-state index in [2.05, 4.69) is 18.2 Å². The highest BCUT2D eigenvalue weighted by Crippen LogP contribution is 2.37. The Bertz CT molecular complexity index is 850. The number of unbranched alkanes of at least 4 members (excludes halogenated alkanes) is 1. The Morgan fingerprint density at radius 1 is 1.31 bits per heavy atom.